The molecule has 1 aromatic heterocycles. The lowest BCUT2D eigenvalue weighted by atomic mass is 10.1. The fraction of sp³-hybridized carbons (Fsp3) is 0.444. The lowest BCUT2D eigenvalue weighted by Crippen LogP contribution is -2.21. The van der Waals surface area contributed by atoms with Crippen molar-refractivity contribution in [1.82, 2.24) is 5.16 Å². The summed E-state index contributed by atoms with van der Waals surface area (Å²) in [5.41, 5.74) is 2.95. The summed E-state index contributed by atoms with van der Waals surface area (Å²) in [4.78, 5) is 11.9. The summed E-state index contributed by atoms with van der Waals surface area (Å²) in [5.74, 6) is 0.139. The number of anilines is 1. The number of aromatic nitrogens is 1. The first-order chi connectivity index (χ1) is 11.2. The molecule has 0 radical (unpaired) electrons. The van der Waals surface area contributed by atoms with Gasteiger partial charge in [-0.25, -0.2) is 0 Å². The van der Waals surface area contributed by atoms with E-state index in [-0.39, 0.29) is 18.6 Å². The van der Waals surface area contributed by atoms with E-state index in [9.17, 15) is 4.79 Å². The van der Waals surface area contributed by atoms with Crippen LogP contribution in [0.15, 0.2) is 34.9 Å². The van der Waals surface area contributed by atoms with E-state index < -0.39 is 0 Å². The quantitative estimate of drug-likeness (QED) is 0.880. The van der Waals surface area contributed by atoms with Crippen LogP contribution >= 0.6 is 0 Å². The molecule has 0 spiro atoms. The maximum Gasteiger partial charge on any atom is 0.252 e. The molecule has 1 aromatic carbocycles. The van der Waals surface area contributed by atoms with Gasteiger partial charge in [0.2, 0.25) is 5.88 Å². The molecule has 0 atom stereocenters. The number of hydrogen-bond acceptors (Lipinski definition) is 4. The SMILES string of the molecule is CCc1ccc(-c2cc(NC(=O)COC3CCCC3)on2)cc1. The van der Waals surface area contributed by atoms with Gasteiger partial charge < -0.3 is 9.26 Å². The summed E-state index contributed by atoms with van der Waals surface area (Å²) in [6, 6.07) is 9.88. The molecule has 5 nitrogen and oxygen atoms in total. The van der Waals surface area contributed by atoms with E-state index in [1.165, 1.54) is 18.4 Å². The van der Waals surface area contributed by atoms with Crippen molar-refractivity contribution >= 4 is 11.8 Å². The average molecular weight is 314 g/mol. The summed E-state index contributed by atoms with van der Waals surface area (Å²) in [5, 5.41) is 6.69. The largest absolute Gasteiger partial charge is 0.368 e. The van der Waals surface area contributed by atoms with Crippen LogP contribution in [0.2, 0.25) is 0 Å². The Bertz CT molecular complexity index is 643. The van der Waals surface area contributed by atoms with E-state index in [1.54, 1.807) is 6.07 Å². The Kier molecular flexibility index (Phi) is 5.08. The number of rotatable bonds is 6. The molecule has 3 rings (SSSR count). The highest BCUT2D eigenvalue weighted by Gasteiger charge is 2.17. The fourth-order valence-corrected chi connectivity index (χ4v) is 2.80. The molecule has 1 amide bonds. The summed E-state index contributed by atoms with van der Waals surface area (Å²) >= 11 is 0. The molecule has 122 valence electrons. The third-order valence-corrected chi connectivity index (χ3v) is 4.18. The zero-order chi connectivity index (χ0) is 16.1. The number of amides is 1. The number of benzene rings is 1. The number of nitrogens with zero attached hydrogens (tertiary/aromatic N) is 1. The van der Waals surface area contributed by atoms with Crippen LogP contribution in [0.5, 0.6) is 0 Å². The van der Waals surface area contributed by atoms with Gasteiger partial charge in [0.05, 0.1) is 6.10 Å². The minimum absolute atomic E-state index is 0.0614. The predicted octanol–water partition coefficient (Wildman–Crippen LogP) is 3.80. The van der Waals surface area contributed by atoms with Crippen molar-refractivity contribution in [3.05, 3.63) is 35.9 Å². The Morgan fingerprint density at radius 2 is 2.04 bits per heavy atom. The van der Waals surface area contributed by atoms with Crippen LogP contribution in [0.4, 0.5) is 5.88 Å². The zero-order valence-corrected chi connectivity index (χ0v) is 13.4. The van der Waals surface area contributed by atoms with Crippen molar-refractivity contribution in [3.63, 3.8) is 0 Å². The monoisotopic (exact) mass is 314 g/mol. The van der Waals surface area contributed by atoms with Crippen molar-refractivity contribution in [1.29, 1.82) is 0 Å². The highest BCUT2D eigenvalue weighted by molar-refractivity contribution is 5.90. The van der Waals surface area contributed by atoms with Gasteiger partial charge in [0.1, 0.15) is 12.3 Å². The second-order valence-corrected chi connectivity index (χ2v) is 5.89. The van der Waals surface area contributed by atoms with E-state index in [4.69, 9.17) is 9.26 Å². The average Bonchev–Trinajstić information content (AvgIpc) is 3.25. The van der Waals surface area contributed by atoms with Crippen LogP contribution in [0.3, 0.4) is 0 Å². The Morgan fingerprint density at radius 3 is 2.74 bits per heavy atom. The molecule has 1 heterocycles. The van der Waals surface area contributed by atoms with Crippen LogP contribution in [-0.2, 0) is 16.0 Å². The highest BCUT2D eigenvalue weighted by Crippen LogP contribution is 2.23. The van der Waals surface area contributed by atoms with Crippen molar-refractivity contribution in [3.8, 4) is 11.3 Å². The molecule has 5 heteroatoms. The molecular formula is C18H22N2O3. The maximum atomic E-state index is 11.9. The first-order valence-electron chi connectivity index (χ1n) is 8.22. The van der Waals surface area contributed by atoms with Gasteiger partial charge in [0, 0.05) is 11.6 Å². The summed E-state index contributed by atoms with van der Waals surface area (Å²) in [6.45, 7) is 2.18. The van der Waals surface area contributed by atoms with Crippen LogP contribution in [0, 0.1) is 0 Å². The first-order valence-corrected chi connectivity index (χ1v) is 8.22. The highest BCUT2D eigenvalue weighted by atomic mass is 16.5. The van der Waals surface area contributed by atoms with Crippen molar-refractivity contribution in [2.24, 2.45) is 0 Å². The molecule has 23 heavy (non-hydrogen) atoms. The Hall–Kier alpha value is -2.14. The summed E-state index contributed by atoms with van der Waals surface area (Å²) in [6.07, 6.45) is 5.70. The third-order valence-electron chi connectivity index (χ3n) is 4.18. The zero-order valence-electron chi connectivity index (χ0n) is 13.4. The first kappa shape index (κ1) is 15.7. The Morgan fingerprint density at radius 1 is 1.30 bits per heavy atom. The minimum atomic E-state index is -0.207. The number of nitrogens with one attached hydrogen (secondary N) is 1. The lowest BCUT2D eigenvalue weighted by molar-refractivity contribution is -0.122. The van der Waals surface area contributed by atoms with Crippen molar-refractivity contribution < 1.29 is 14.1 Å². The molecule has 1 saturated carbocycles. The normalized spacial score (nSPS) is 15.0. The second kappa shape index (κ2) is 7.42. The smallest absolute Gasteiger partial charge is 0.252 e. The third kappa shape index (κ3) is 4.20. The van der Waals surface area contributed by atoms with E-state index in [2.05, 4.69) is 29.5 Å². The second-order valence-electron chi connectivity index (χ2n) is 5.89. The molecule has 1 aliphatic carbocycles. The molecule has 0 unspecified atom stereocenters. The molecule has 0 saturated heterocycles. The van der Waals surface area contributed by atoms with E-state index in [1.807, 2.05) is 12.1 Å². The molecule has 0 aliphatic heterocycles. The van der Waals surface area contributed by atoms with Gasteiger partial charge in [-0.2, -0.15) is 0 Å². The molecular weight excluding hydrogens is 292 g/mol. The Labute approximate surface area is 136 Å². The van der Waals surface area contributed by atoms with Gasteiger partial charge in [-0.05, 0) is 24.8 Å². The van der Waals surface area contributed by atoms with Gasteiger partial charge in [0.15, 0.2) is 0 Å². The minimum Gasteiger partial charge on any atom is -0.368 e. The number of hydrogen-bond donors (Lipinski definition) is 1. The molecule has 1 fully saturated rings. The predicted molar refractivity (Wildman–Crippen MR) is 88.2 cm³/mol. The van der Waals surface area contributed by atoms with Crippen LogP contribution in [-0.4, -0.2) is 23.8 Å². The van der Waals surface area contributed by atoms with E-state index in [0.717, 1.165) is 24.8 Å². The Balaban J connectivity index is 1.54. The topological polar surface area (TPSA) is 64.4 Å². The standard InChI is InChI=1S/C18H22N2O3/c1-2-13-7-9-14(10-8-13)16-11-18(23-20-16)19-17(21)12-22-15-5-3-4-6-15/h7-11,15H,2-6,12H2,1H3,(H,19,21). The fourth-order valence-electron chi connectivity index (χ4n) is 2.80. The number of carbonyl (C=O) groups is 1. The summed E-state index contributed by atoms with van der Waals surface area (Å²) < 4.78 is 10.8. The van der Waals surface area contributed by atoms with Crippen molar-refractivity contribution in [2.45, 2.75) is 45.1 Å². The lowest BCUT2D eigenvalue weighted by Gasteiger charge is -2.09. The van der Waals surface area contributed by atoms with Gasteiger partial charge in [-0.3, -0.25) is 10.1 Å². The van der Waals surface area contributed by atoms with Gasteiger partial charge in [-0.15, -0.1) is 0 Å². The molecule has 2 aromatic rings. The molecule has 0 bridgehead atoms. The number of carbonyl (C=O) groups excluding carboxylic acids is 1. The number of aryl methyl sites for hydroxylation is 1. The molecule has 1 aliphatic rings. The van der Waals surface area contributed by atoms with Gasteiger partial charge in [-0.1, -0.05) is 49.2 Å². The molecule has 1 N–H and O–H groups in total. The van der Waals surface area contributed by atoms with Gasteiger partial charge >= 0.3 is 0 Å². The van der Waals surface area contributed by atoms with Crippen molar-refractivity contribution in [2.75, 3.05) is 11.9 Å². The van der Waals surface area contributed by atoms with E-state index in [0.29, 0.717) is 11.6 Å². The van der Waals surface area contributed by atoms with E-state index >= 15 is 0 Å². The van der Waals surface area contributed by atoms with Crippen LogP contribution < -0.4 is 5.32 Å². The van der Waals surface area contributed by atoms with Crippen LogP contribution in [0.25, 0.3) is 11.3 Å². The number of ether oxygens (including phenoxy) is 1. The summed E-state index contributed by atoms with van der Waals surface area (Å²) in [7, 11) is 0. The van der Waals surface area contributed by atoms with Crippen LogP contribution in [0.1, 0.15) is 38.2 Å². The maximum absolute atomic E-state index is 11.9. The van der Waals surface area contributed by atoms with Gasteiger partial charge in [0.25, 0.3) is 5.91 Å².